The van der Waals surface area contributed by atoms with Crippen LogP contribution in [0.5, 0.6) is 5.75 Å². The molecule has 0 aliphatic rings. The fourth-order valence-electron chi connectivity index (χ4n) is 2.51. The zero-order chi connectivity index (χ0) is 17.6. The molecule has 3 rings (SSSR count). The molecule has 0 atom stereocenters. The molecule has 0 spiro atoms. The fraction of sp³-hybridized carbons (Fsp3) is 0.200. The minimum atomic E-state index is -0.126. The molecule has 0 aliphatic carbocycles. The van der Waals surface area contributed by atoms with Gasteiger partial charge in [-0.05, 0) is 30.7 Å². The van der Waals surface area contributed by atoms with Gasteiger partial charge in [-0.3, -0.25) is 4.79 Å². The van der Waals surface area contributed by atoms with E-state index in [1.54, 1.807) is 19.4 Å². The van der Waals surface area contributed by atoms with Gasteiger partial charge in [-0.15, -0.1) is 0 Å². The average molecular weight is 336 g/mol. The second kappa shape index (κ2) is 7.66. The number of hydrogen-bond donors (Lipinski definition) is 1. The van der Waals surface area contributed by atoms with Crippen LogP contribution in [-0.2, 0) is 0 Å². The number of hydrogen-bond acceptors (Lipinski definition) is 4. The Morgan fingerprint density at radius 3 is 2.84 bits per heavy atom. The van der Waals surface area contributed by atoms with E-state index in [4.69, 9.17) is 9.15 Å². The van der Waals surface area contributed by atoms with Gasteiger partial charge in [0.05, 0.1) is 18.9 Å². The van der Waals surface area contributed by atoms with Crippen molar-refractivity contribution in [2.24, 2.45) is 0 Å². The first-order valence-electron chi connectivity index (χ1n) is 8.20. The van der Waals surface area contributed by atoms with Gasteiger partial charge in [-0.1, -0.05) is 31.2 Å². The molecule has 25 heavy (non-hydrogen) atoms. The van der Waals surface area contributed by atoms with E-state index < -0.39 is 0 Å². The van der Waals surface area contributed by atoms with Gasteiger partial charge in [-0.25, -0.2) is 4.98 Å². The standard InChI is InChI=1S/C20H20N2O3/c1-3-11-21-19(23)16-9-4-5-10-17(16)20-22-13-18(25-20)14-7-6-8-15(12-14)24-2/h4-10,12-13H,3,11H2,1-2H3,(H,21,23). The molecular formula is C20H20N2O3. The number of rotatable bonds is 6. The van der Waals surface area contributed by atoms with Crippen molar-refractivity contribution in [3.8, 4) is 28.5 Å². The van der Waals surface area contributed by atoms with Crippen LogP contribution in [0.2, 0.25) is 0 Å². The quantitative estimate of drug-likeness (QED) is 0.734. The normalized spacial score (nSPS) is 10.5. The molecule has 0 radical (unpaired) electrons. The van der Waals surface area contributed by atoms with Crippen molar-refractivity contribution in [3.05, 3.63) is 60.3 Å². The molecule has 0 bridgehead atoms. The molecule has 2 aromatic carbocycles. The van der Waals surface area contributed by atoms with Crippen LogP contribution < -0.4 is 10.1 Å². The van der Waals surface area contributed by atoms with E-state index in [9.17, 15) is 4.79 Å². The SMILES string of the molecule is CCCNC(=O)c1ccccc1-c1ncc(-c2cccc(OC)c2)o1. The third kappa shape index (κ3) is 3.71. The Kier molecular flexibility index (Phi) is 5.14. The number of carbonyl (C=O) groups is 1. The zero-order valence-corrected chi connectivity index (χ0v) is 14.3. The lowest BCUT2D eigenvalue weighted by molar-refractivity contribution is 0.0954. The van der Waals surface area contributed by atoms with Crippen molar-refractivity contribution < 1.29 is 13.9 Å². The van der Waals surface area contributed by atoms with Gasteiger partial charge >= 0.3 is 0 Å². The molecule has 1 aromatic heterocycles. The second-order valence-corrected chi connectivity index (χ2v) is 5.56. The summed E-state index contributed by atoms with van der Waals surface area (Å²) in [7, 11) is 1.62. The van der Waals surface area contributed by atoms with Crippen molar-refractivity contribution in [2.45, 2.75) is 13.3 Å². The van der Waals surface area contributed by atoms with Crippen LogP contribution in [-0.4, -0.2) is 24.5 Å². The highest BCUT2D eigenvalue weighted by atomic mass is 16.5. The Hall–Kier alpha value is -3.08. The van der Waals surface area contributed by atoms with Crippen LogP contribution in [0.1, 0.15) is 23.7 Å². The Morgan fingerprint density at radius 1 is 1.20 bits per heavy atom. The highest BCUT2D eigenvalue weighted by Crippen LogP contribution is 2.29. The van der Waals surface area contributed by atoms with Crippen molar-refractivity contribution >= 4 is 5.91 Å². The molecule has 0 saturated heterocycles. The van der Waals surface area contributed by atoms with Gasteiger partial charge in [0.2, 0.25) is 5.89 Å². The lowest BCUT2D eigenvalue weighted by Gasteiger charge is -2.07. The predicted molar refractivity (Wildman–Crippen MR) is 96.6 cm³/mol. The van der Waals surface area contributed by atoms with Crippen molar-refractivity contribution in [1.29, 1.82) is 0 Å². The first-order valence-corrected chi connectivity index (χ1v) is 8.20. The average Bonchev–Trinajstić information content (AvgIpc) is 3.16. The van der Waals surface area contributed by atoms with Gasteiger partial charge in [0.15, 0.2) is 5.76 Å². The maximum atomic E-state index is 12.4. The van der Waals surface area contributed by atoms with E-state index in [1.165, 1.54) is 0 Å². The number of benzene rings is 2. The van der Waals surface area contributed by atoms with E-state index in [1.807, 2.05) is 49.4 Å². The largest absolute Gasteiger partial charge is 0.497 e. The number of methoxy groups -OCH3 is 1. The van der Waals surface area contributed by atoms with Crippen molar-refractivity contribution in [1.82, 2.24) is 10.3 Å². The van der Waals surface area contributed by atoms with Crippen LogP contribution in [0, 0.1) is 0 Å². The molecule has 128 valence electrons. The van der Waals surface area contributed by atoms with E-state index >= 15 is 0 Å². The first kappa shape index (κ1) is 16.8. The van der Waals surface area contributed by atoms with Crippen molar-refractivity contribution in [3.63, 3.8) is 0 Å². The van der Waals surface area contributed by atoms with Crippen LogP contribution in [0.3, 0.4) is 0 Å². The third-order valence-corrected chi connectivity index (χ3v) is 3.80. The summed E-state index contributed by atoms with van der Waals surface area (Å²) in [6.07, 6.45) is 2.54. The van der Waals surface area contributed by atoms with Crippen LogP contribution in [0.4, 0.5) is 0 Å². The topological polar surface area (TPSA) is 64.4 Å². The molecule has 0 fully saturated rings. The smallest absolute Gasteiger partial charge is 0.252 e. The molecular weight excluding hydrogens is 316 g/mol. The van der Waals surface area contributed by atoms with Gasteiger partial charge in [0, 0.05) is 17.7 Å². The summed E-state index contributed by atoms with van der Waals surface area (Å²) in [4.78, 5) is 16.7. The summed E-state index contributed by atoms with van der Waals surface area (Å²) in [6, 6.07) is 14.9. The fourth-order valence-corrected chi connectivity index (χ4v) is 2.51. The van der Waals surface area contributed by atoms with Gasteiger partial charge in [-0.2, -0.15) is 0 Å². The van der Waals surface area contributed by atoms with Crippen LogP contribution in [0.15, 0.2) is 59.1 Å². The third-order valence-electron chi connectivity index (χ3n) is 3.80. The van der Waals surface area contributed by atoms with Gasteiger partial charge < -0.3 is 14.5 Å². The lowest BCUT2D eigenvalue weighted by atomic mass is 10.1. The molecule has 1 N–H and O–H groups in total. The maximum Gasteiger partial charge on any atom is 0.252 e. The minimum Gasteiger partial charge on any atom is -0.497 e. The van der Waals surface area contributed by atoms with Crippen molar-refractivity contribution in [2.75, 3.05) is 13.7 Å². The summed E-state index contributed by atoms with van der Waals surface area (Å²) in [5.74, 6) is 1.66. The molecule has 5 heteroatoms. The molecule has 0 unspecified atom stereocenters. The predicted octanol–water partition coefficient (Wildman–Crippen LogP) is 4.16. The molecule has 3 aromatic rings. The van der Waals surface area contributed by atoms with Gasteiger partial charge in [0.1, 0.15) is 5.75 Å². The number of carbonyl (C=O) groups excluding carboxylic acids is 1. The monoisotopic (exact) mass is 336 g/mol. The molecule has 5 nitrogen and oxygen atoms in total. The number of ether oxygens (including phenoxy) is 1. The summed E-state index contributed by atoms with van der Waals surface area (Å²) in [5.41, 5.74) is 2.09. The minimum absolute atomic E-state index is 0.126. The summed E-state index contributed by atoms with van der Waals surface area (Å²) in [5, 5.41) is 2.89. The summed E-state index contributed by atoms with van der Waals surface area (Å²) < 4.78 is 11.1. The number of amides is 1. The number of nitrogens with one attached hydrogen (secondary N) is 1. The maximum absolute atomic E-state index is 12.4. The number of nitrogens with zero attached hydrogens (tertiary/aromatic N) is 1. The van der Waals surface area contributed by atoms with E-state index in [2.05, 4.69) is 10.3 Å². The Labute approximate surface area is 146 Å². The number of aromatic nitrogens is 1. The van der Waals surface area contributed by atoms with Crippen LogP contribution in [0.25, 0.3) is 22.8 Å². The summed E-state index contributed by atoms with van der Waals surface area (Å²) >= 11 is 0. The highest BCUT2D eigenvalue weighted by Gasteiger charge is 2.16. The molecule has 0 aliphatic heterocycles. The summed E-state index contributed by atoms with van der Waals surface area (Å²) in [6.45, 7) is 2.65. The highest BCUT2D eigenvalue weighted by molar-refractivity contribution is 6.00. The Balaban J connectivity index is 1.93. The molecule has 1 amide bonds. The van der Waals surface area contributed by atoms with E-state index in [0.717, 1.165) is 17.7 Å². The zero-order valence-electron chi connectivity index (χ0n) is 14.3. The van der Waals surface area contributed by atoms with Crippen LogP contribution >= 0.6 is 0 Å². The second-order valence-electron chi connectivity index (χ2n) is 5.56. The first-order chi connectivity index (χ1) is 12.2. The Bertz CT molecular complexity index is 871. The van der Waals surface area contributed by atoms with E-state index in [0.29, 0.717) is 29.3 Å². The molecule has 0 saturated carbocycles. The van der Waals surface area contributed by atoms with E-state index in [-0.39, 0.29) is 5.91 Å². The Morgan fingerprint density at radius 2 is 2.04 bits per heavy atom. The lowest BCUT2D eigenvalue weighted by Crippen LogP contribution is -2.24. The molecule has 1 heterocycles. The number of oxazole rings is 1. The van der Waals surface area contributed by atoms with Gasteiger partial charge in [0.25, 0.3) is 5.91 Å².